The van der Waals surface area contributed by atoms with E-state index >= 15 is 0 Å². The number of hydrogen-bond acceptors (Lipinski definition) is 7. The number of hydrogen-bond donors (Lipinski definition) is 4. The summed E-state index contributed by atoms with van der Waals surface area (Å²) in [5.74, 6) is -2.19. The van der Waals surface area contributed by atoms with Crippen molar-refractivity contribution in [1.29, 1.82) is 0 Å². The minimum atomic E-state index is -4.57. The van der Waals surface area contributed by atoms with E-state index in [2.05, 4.69) is 25.9 Å². The molecule has 5 N–H and O–H groups in total. The van der Waals surface area contributed by atoms with Crippen LogP contribution in [0.5, 0.6) is 0 Å². The summed E-state index contributed by atoms with van der Waals surface area (Å²) >= 11 is 0.762. The van der Waals surface area contributed by atoms with Gasteiger partial charge in [-0.15, -0.1) is 11.3 Å². The van der Waals surface area contributed by atoms with Crippen LogP contribution in [0.1, 0.15) is 84.1 Å². The van der Waals surface area contributed by atoms with Gasteiger partial charge in [0.1, 0.15) is 17.6 Å². The van der Waals surface area contributed by atoms with E-state index in [0.717, 1.165) is 42.9 Å². The van der Waals surface area contributed by atoms with Crippen molar-refractivity contribution in [1.82, 2.24) is 20.6 Å². The van der Waals surface area contributed by atoms with Crippen molar-refractivity contribution < 1.29 is 31.5 Å². The lowest BCUT2D eigenvalue weighted by atomic mass is 9.93. The Hall–Kier alpha value is -2.87. The van der Waals surface area contributed by atoms with Crippen molar-refractivity contribution in [2.75, 3.05) is 11.9 Å². The molecule has 4 rings (SSSR count). The standard InChI is InChI=1S/C25H31F5N6O2S/c1-2-13(8-9-31)33-22(37)18-19(39-24(36-18)23(38)34-14-4-3-5-14)16-11-32-17(10-15(16)21(26)27)35-20(12-6-7-12)25(28,29)30/h10-14,20-21H,2-9,31H2,1H3,(H,32,35)(H,33,37)(H,34,38). The monoisotopic (exact) mass is 574 g/mol. The Morgan fingerprint density at radius 1 is 1.18 bits per heavy atom. The van der Waals surface area contributed by atoms with Crippen LogP contribution in [0.15, 0.2) is 12.3 Å². The minimum absolute atomic E-state index is 0.0159. The van der Waals surface area contributed by atoms with E-state index in [9.17, 15) is 31.5 Å². The van der Waals surface area contributed by atoms with Gasteiger partial charge >= 0.3 is 6.18 Å². The number of alkyl halides is 5. The first kappa shape index (κ1) is 29.1. The Bertz CT molecular complexity index is 1180. The molecule has 0 saturated heterocycles. The highest BCUT2D eigenvalue weighted by molar-refractivity contribution is 7.17. The van der Waals surface area contributed by atoms with Crippen LogP contribution in [0.3, 0.4) is 0 Å². The molecule has 0 spiro atoms. The van der Waals surface area contributed by atoms with Crippen LogP contribution in [-0.2, 0) is 0 Å². The number of pyridine rings is 1. The number of thiazole rings is 1. The van der Waals surface area contributed by atoms with Crippen LogP contribution in [0, 0.1) is 5.92 Å². The molecule has 2 heterocycles. The zero-order valence-electron chi connectivity index (χ0n) is 21.3. The molecule has 0 radical (unpaired) electrons. The highest BCUT2D eigenvalue weighted by Gasteiger charge is 2.49. The minimum Gasteiger partial charge on any atom is -0.358 e. The fraction of sp³-hybridized carbons (Fsp3) is 0.600. The molecule has 2 aliphatic carbocycles. The van der Waals surface area contributed by atoms with Crippen LogP contribution in [0.25, 0.3) is 10.4 Å². The molecule has 2 amide bonds. The van der Waals surface area contributed by atoms with Crippen LogP contribution in [0.4, 0.5) is 27.8 Å². The molecule has 2 fully saturated rings. The molecule has 39 heavy (non-hydrogen) atoms. The number of amides is 2. The molecule has 214 valence electrons. The third-order valence-corrected chi connectivity index (χ3v) is 8.07. The number of nitrogens with zero attached hydrogens (tertiary/aromatic N) is 2. The second kappa shape index (κ2) is 12.1. The van der Waals surface area contributed by atoms with Crippen LogP contribution in [0.2, 0.25) is 0 Å². The predicted octanol–water partition coefficient (Wildman–Crippen LogP) is 5.04. The van der Waals surface area contributed by atoms with Crippen molar-refractivity contribution in [3.8, 4) is 10.4 Å². The average Bonchev–Trinajstić information content (AvgIpc) is 3.59. The first-order chi connectivity index (χ1) is 18.5. The SMILES string of the molecule is CCC(CCN)NC(=O)c1nc(C(=O)NC2CCC2)sc1-c1cnc(NC(C2CC2)C(F)(F)F)cc1C(F)F. The van der Waals surface area contributed by atoms with E-state index in [-0.39, 0.29) is 39.0 Å². The molecule has 2 saturated carbocycles. The van der Waals surface area contributed by atoms with Gasteiger partial charge in [-0.05, 0) is 63.5 Å². The summed E-state index contributed by atoms with van der Waals surface area (Å²) in [6, 6.07) is -1.36. The fourth-order valence-electron chi connectivity index (χ4n) is 4.36. The van der Waals surface area contributed by atoms with Crippen molar-refractivity contribution >= 4 is 29.0 Å². The van der Waals surface area contributed by atoms with Gasteiger partial charge in [0.2, 0.25) is 0 Å². The topological polar surface area (TPSA) is 122 Å². The van der Waals surface area contributed by atoms with Gasteiger partial charge in [-0.2, -0.15) is 13.2 Å². The average molecular weight is 575 g/mol. The summed E-state index contributed by atoms with van der Waals surface area (Å²) in [6.45, 7) is 2.16. The fourth-order valence-corrected chi connectivity index (χ4v) is 5.36. The first-order valence-electron chi connectivity index (χ1n) is 13.0. The predicted molar refractivity (Wildman–Crippen MR) is 137 cm³/mol. The Balaban J connectivity index is 1.70. The van der Waals surface area contributed by atoms with Gasteiger partial charge in [-0.3, -0.25) is 9.59 Å². The van der Waals surface area contributed by atoms with Gasteiger partial charge in [-0.1, -0.05) is 6.92 Å². The van der Waals surface area contributed by atoms with Gasteiger partial charge in [0.15, 0.2) is 5.01 Å². The summed E-state index contributed by atoms with van der Waals surface area (Å²) in [7, 11) is 0. The number of aromatic nitrogens is 2. The summed E-state index contributed by atoms with van der Waals surface area (Å²) in [6.07, 6.45) is -2.29. The van der Waals surface area contributed by atoms with Gasteiger partial charge in [0, 0.05) is 29.4 Å². The van der Waals surface area contributed by atoms with Crippen molar-refractivity contribution in [2.45, 2.75) is 82.6 Å². The van der Waals surface area contributed by atoms with E-state index in [4.69, 9.17) is 5.73 Å². The lowest BCUT2D eigenvalue weighted by Crippen LogP contribution is -2.39. The number of carbonyl (C=O) groups is 2. The third-order valence-electron chi connectivity index (χ3n) is 6.99. The molecular formula is C25H31F5N6O2S. The Labute approximate surface area is 226 Å². The zero-order valence-corrected chi connectivity index (χ0v) is 22.1. The number of halogens is 5. The number of nitrogens with one attached hydrogen (secondary N) is 3. The maximum atomic E-state index is 14.2. The normalized spacial score (nSPS) is 17.4. The summed E-state index contributed by atoms with van der Waals surface area (Å²) < 4.78 is 69.0. The van der Waals surface area contributed by atoms with Gasteiger partial charge in [-0.25, -0.2) is 18.7 Å². The van der Waals surface area contributed by atoms with E-state index in [1.807, 2.05) is 6.92 Å². The van der Waals surface area contributed by atoms with E-state index in [0.29, 0.717) is 32.2 Å². The molecule has 14 heteroatoms. The molecule has 2 aromatic heterocycles. The van der Waals surface area contributed by atoms with Crippen molar-refractivity contribution in [3.05, 3.63) is 28.5 Å². The largest absolute Gasteiger partial charge is 0.408 e. The van der Waals surface area contributed by atoms with E-state index in [1.165, 1.54) is 0 Å². The van der Waals surface area contributed by atoms with Crippen LogP contribution < -0.4 is 21.7 Å². The summed E-state index contributed by atoms with van der Waals surface area (Å²) in [5.41, 5.74) is 4.58. The maximum Gasteiger partial charge on any atom is 0.408 e. The summed E-state index contributed by atoms with van der Waals surface area (Å²) in [5, 5.41) is 7.77. The first-order valence-corrected chi connectivity index (χ1v) is 13.8. The van der Waals surface area contributed by atoms with Gasteiger partial charge in [0.05, 0.1) is 4.88 Å². The Morgan fingerprint density at radius 2 is 1.90 bits per heavy atom. The highest BCUT2D eigenvalue weighted by Crippen LogP contribution is 2.43. The van der Waals surface area contributed by atoms with Crippen LogP contribution in [-0.4, -0.2) is 52.6 Å². The Kier molecular flexibility index (Phi) is 9.04. The van der Waals surface area contributed by atoms with Crippen LogP contribution >= 0.6 is 11.3 Å². The molecule has 2 aromatic rings. The zero-order chi connectivity index (χ0) is 28.3. The van der Waals surface area contributed by atoms with Crippen molar-refractivity contribution in [3.63, 3.8) is 0 Å². The molecule has 2 aliphatic rings. The van der Waals surface area contributed by atoms with E-state index < -0.39 is 41.9 Å². The molecule has 8 nitrogen and oxygen atoms in total. The molecule has 0 aromatic carbocycles. The summed E-state index contributed by atoms with van der Waals surface area (Å²) in [4.78, 5) is 34.2. The number of rotatable bonds is 12. The third kappa shape index (κ3) is 7.02. The Morgan fingerprint density at radius 3 is 2.44 bits per heavy atom. The quantitative estimate of drug-likeness (QED) is 0.264. The number of nitrogens with two attached hydrogens (primary N) is 1. The molecule has 0 bridgehead atoms. The smallest absolute Gasteiger partial charge is 0.358 e. The lowest BCUT2D eigenvalue weighted by molar-refractivity contribution is -0.146. The molecular weight excluding hydrogens is 543 g/mol. The highest BCUT2D eigenvalue weighted by atomic mass is 32.1. The van der Waals surface area contributed by atoms with E-state index in [1.54, 1.807) is 0 Å². The number of carbonyl (C=O) groups excluding carboxylic acids is 2. The molecule has 2 unspecified atom stereocenters. The van der Waals surface area contributed by atoms with Crippen molar-refractivity contribution in [2.24, 2.45) is 11.7 Å². The lowest BCUT2D eigenvalue weighted by Gasteiger charge is -2.25. The maximum absolute atomic E-state index is 14.2. The second-order valence-corrected chi connectivity index (χ2v) is 10.9. The molecule has 0 aliphatic heterocycles. The molecule has 2 atom stereocenters. The van der Waals surface area contributed by atoms with Gasteiger partial charge < -0.3 is 21.7 Å². The van der Waals surface area contributed by atoms with Gasteiger partial charge in [0.25, 0.3) is 18.2 Å². The second-order valence-electron chi connectivity index (χ2n) is 9.91. The number of anilines is 1.